The molecule has 1 aliphatic carbocycles. The van der Waals surface area contributed by atoms with Crippen LogP contribution >= 0.6 is 0 Å². The summed E-state index contributed by atoms with van der Waals surface area (Å²) in [6.07, 6.45) is 3.05. The second-order valence-electron chi connectivity index (χ2n) is 6.39. The van der Waals surface area contributed by atoms with Crippen LogP contribution in [0.2, 0.25) is 0 Å². The van der Waals surface area contributed by atoms with Crippen LogP contribution in [0, 0.1) is 12.8 Å². The number of ether oxygens (including phenoxy) is 1. The Hall–Kier alpha value is -0.900. The molecule has 2 atom stereocenters. The monoisotopic (exact) mass is 274 g/mol. The van der Waals surface area contributed by atoms with Gasteiger partial charge in [-0.2, -0.15) is 0 Å². The maximum Gasteiger partial charge on any atom is 0.0826 e. The largest absolute Gasteiger partial charge is 0.374 e. The second kappa shape index (κ2) is 6.25. The van der Waals surface area contributed by atoms with E-state index >= 15 is 0 Å². The lowest BCUT2D eigenvalue weighted by Gasteiger charge is -2.31. The van der Waals surface area contributed by atoms with Crippen LogP contribution in [0.5, 0.6) is 0 Å². The minimum Gasteiger partial charge on any atom is -0.374 e. The Kier molecular flexibility index (Phi) is 4.39. The number of rotatable bonds is 5. The average Bonchev–Trinajstić information content (AvgIpc) is 3.26. The summed E-state index contributed by atoms with van der Waals surface area (Å²) in [4.78, 5) is 2.36. The molecular formula is C17H26N2O. The van der Waals surface area contributed by atoms with Gasteiger partial charge in [-0.05, 0) is 38.3 Å². The van der Waals surface area contributed by atoms with Gasteiger partial charge in [0.25, 0.3) is 0 Å². The van der Waals surface area contributed by atoms with Crippen molar-refractivity contribution in [3.63, 3.8) is 0 Å². The smallest absolute Gasteiger partial charge is 0.0826 e. The number of likely N-dealkylation sites (N-methyl/N-ethyl adjacent to an activating group) is 1. The third kappa shape index (κ3) is 3.60. The summed E-state index contributed by atoms with van der Waals surface area (Å²) in [5, 5.41) is 3.76. The fourth-order valence-electron chi connectivity index (χ4n) is 3.01. The van der Waals surface area contributed by atoms with Crippen molar-refractivity contribution in [1.82, 2.24) is 10.2 Å². The Balaban J connectivity index is 1.59. The van der Waals surface area contributed by atoms with Crippen LogP contribution in [0.15, 0.2) is 24.3 Å². The fourth-order valence-corrected chi connectivity index (χ4v) is 3.01. The fraction of sp³-hybridized carbons (Fsp3) is 0.647. The average molecular weight is 274 g/mol. The van der Waals surface area contributed by atoms with Crippen LogP contribution < -0.4 is 5.32 Å². The Labute approximate surface area is 122 Å². The predicted molar refractivity (Wildman–Crippen MR) is 81.9 cm³/mol. The molecule has 1 N–H and O–H groups in total. The number of benzene rings is 1. The maximum atomic E-state index is 5.85. The van der Waals surface area contributed by atoms with Gasteiger partial charge in [0.05, 0.1) is 12.7 Å². The van der Waals surface area contributed by atoms with E-state index in [1.165, 1.54) is 24.0 Å². The van der Waals surface area contributed by atoms with E-state index in [1.807, 2.05) is 0 Å². The normalized spacial score (nSPS) is 25.6. The number of hydrogen-bond acceptors (Lipinski definition) is 3. The summed E-state index contributed by atoms with van der Waals surface area (Å²) in [6, 6.07) is 9.50. The molecule has 1 saturated carbocycles. The van der Waals surface area contributed by atoms with E-state index in [4.69, 9.17) is 4.74 Å². The zero-order valence-corrected chi connectivity index (χ0v) is 12.6. The zero-order valence-electron chi connectivity index (χ0n) is 12.6. The van der Waals surface area contributed by atoms with E-state index in [0.29, 0.717) is 12.1 Å². The summed E-state index contributed by atoms with van der Waals surface area (Å²) in [5.74, 6) is 0.819. The molecule has 3 nitrogen and oxygen atoms in total. The van der Waals surface area contributed by atoms with Gasteiger partial charge in [-0.15, -0.1) is 0 Å². The molecule has 0 amide bonds. The number of morpholine rings is 1. The van der Waals surface area contributed by atoms with Crippen LogP contribution in [0.25, 0.3) is 0 Å². The van der Waals surface area contributed by atoms with E-state index in [2.05, 4.69) is 48.5 Å². The molecule has 0 aromatic heterocycles. The first-order chi connectivity index (χ1) is 9.72. The van der Waals surface area contributed by atoms with Gasteiger partial charge in [0.1, 0.15) is 0 Å². The van der Waals surface area contributed by atoms with E-state index in [9.17, 15) is 0 Å². The van der Waals surface area contributed by atoms with Gasteiger partial charge in [0, 0.05) is 25.7 Å². The highest BCUT2D eigenvalue weighted by Gasteiger charge is 2.32. The van der Waals surface area contributed by atoms with Crippen molar-refractivity contribution < 1.29 is 4.74 Å². The van der Waals surface area contributed by atoms with Crippen LogP contribution in [-0.2, 0) is 4.74 Å². The molecule has 2 fully saturated rings. The van der Waals surface area contributed by atoms with Crippen molar-refractivity contribution in [3.05, 3.63) is 35.4 Å². The number of nitrogens with zero attached hydrogens (tertiary/aromatic N) is 1. The summed E-state index contributed by atoms with van der Waals surface area (Å²) >= 11 is 0. The molecule has 1 aliphatic heterocycles. The van der Waals surface area contributed by atoms with Gasteiger partial charge >= 0.3 is 0 Å². The van der Waals surface area contributed by atoms with E-state index in [-0.39, 0.29) is 0 Å². The minimum absolute atomic E-state index is 0.334. The lowest BCUT2D eigenvalue weighted by Crippen LogP contribution is -2.45. The first kappa shape index (κ1) is 14.1. The third-order valence-corrected chi connectivity index (χ3v) is 4.44. The van der Waals surface area contributed by atoms with Crippen molar-refractivity contribution in [2.24, 2.45) is 5.92 Å². The molecule has 1 aromatic carbocycles. The SMILES string of the molecule is Cc1ccc(C(NCC2CN(C)CCO2)C2CC2)cc1. The molecule has 3 rings (SSSR count). The van der Waals surface area contributed by atoms with Gasteiger partial charge in [-0.25, -0.2) is 0 Å². The molecule has 1 heterocycles. The summed E-state index contributed by atoms with van der Waals surface area (Å²) < 4.78 is 5.85. The molecule has 1 aromatic rings. The van der Waals surface area contributed by atoms with Crippen molar-refractivity contribution in [1.29, 1.82) is 0 Å². The third-order valence-electron chi connectivity index (χ3n) is 4.44. The molecule has 20 heavy (non-hydrogen) atoms. The van der Waals surface area contributed by atoms with Crippen LogP contribution in [0.1, 0.15) is 30.0 Å². The maximum absolute atomic E-state index is 5.85. The number of nitrogens with one attached hydrogen (secondary N) is 1. The number of aryl methyl sites for hydroxylation is 1. The lowest BCUT2D eigenvalue weighted by atomic mass is 10.0. The van der Waals surface area contributed by atoms with Crippen LogP contribution in [-0.4, -0.2) is 44.3 Å². The van der Waals surface area contributed by atoms with Crippen molar-refractivity contribution >= 4 is 0 Å². The molecule has 1 saturated heterocycles. The predicted octanol–water partition coefficient (Wildman–Crippen LogP) is 2.37. The van der Waals surface area contributed by atoms with E-state index in [1.54, 1.807) is 0 Å². The summed E-state index contributed by atoms with van der Waals surface area (Å²) in [6.45, 7) is 6.06. The topological polar surface area (TPSA) is 24.5 Å². The lowest BCUT2D eigenvalue weighted by molar-refractivity contribution is -0.0196. The van der Waals surface area contributed by atoms with E-state index in [0.717, 1.165) is 32.2 Å². The molecule has 2 unspecified atom stereocenters. The molecular weight excluding hydrogens is 248 g/mol. The highest BCUT2D eigenvalue weighted by Crippen LogP contribution is 2.41. The molecule has 110 valence electrons. The van der Waals surface area contributed by atoms with Crippen LogP contribution in [0.4, 0.5) is 0 Å². The van der Waals surface area contributed by atoms with Crippen LogP contribution in [0.3, 0.4) is 0 Å². The quantitative estimate of drug-likeness (QED) is 0.892. The second-order valence-corrected chi connectivity index (χ2v) is 6.39. The molecule has 0 radical (unpaired) electrons. The highest BCUT2D eigenvalue weighted by atomic mass is 16.5. The first-order valence-corrected chi connectivity index (χ1v) is 7.82. The molecule has 0 bridgehead atoms. The standard InChI is InChI=1S/C17H26N2O/c1-13-3-5-14(6-4-13)17(15-7-8-15)18-11-16-12-19(2)9-10-20-16/h3-6,15-18H,7-12H2,1-2H3. The van der Waals surface area contributed by atoms with Gasteiger partial charge in [-0.1, -0.05) is 29.8 Å². The zero-order chi connectivity index (χ0) is 13.9. The summed E-state index contributed by atoms with van der Waals surface area (Å²) in [7, 11) is 2.17. The van der Waals surface area contributed by atoms with Gasteiger partial charge in [-0.3, -0.25) is 0 Å². The molecule has 2 aliphatic rings. The van der Waals surface area contributed by atoms with Gasteiger partial charge < -0.3 is 15.0 Å². The van der Waals surface area contributed by atoms with Crippen molar-refractivity contribution in [2.75, 3.05) is 33.3 Å². The summed E-state index contributed by atoms with van der Waals surface area (Å²) in [5.41, 5.74) is 2.77. The molecule has 0 spiro atoms. The van der Waals surface area contributed by atoms with Crippen molar-refractivity contribution in [3.8, 4) is 0 Å². The Morgan fingerprint density at radius 3 is 2.70 bits per heavy atom. The Morgan fingerprint density at radius 1 is 1.30 bits per heavy atom. The molecule has 3 heteroatoms. The van der Waals surface area contributed by atoms with Gasteiger partial charge in [0.15, 0.2) is 0 Å². The Bertz CT molecular complexity index is 427. The minimum atomic E-state index is 0.334. The first-order valence-electron chi connectivity index (χ1n) is 7.82. The highest BCUT2D eigenvalue weighted by molar-refractivity contribution is 5.25. The van der Waals surface area contributed by atoms with E-state index < -0.39 is 0 Å². The van der Waals surface area contributed by atoms with Gasteiger partial charge in [0.2, 0.25) is 0 Å². The number of hydrogen-bond donors (Lipinski definition) is 1. The van der Waals surface area contributed by atoms with Crippen molar-refractivity contribution in [2.45, 2.75) is 31.9 Å². The Morgan fingerprint density at radius 2 is 2.05 bits per heavy atom.